The van der Waals surface area contributed by atoms with E-state index in [9.17, 15) is 26.8 Å². The minimum atomic E-state index is -4.37. The number of fused-ring (bicyclic) bond motifs is 2. The molecule has 2 aromatic heterocycles. The highest BCUT2D eigenvalue weighted by Gasteiger charge is 2.33. The Morgan fingerprint density at radius 3 is 2.59 bits per heavy atom. The quantitative estimate of drug-likeness (QED) is 0.334. The number of nitrogens with one attached hydrogen (secondary N) is 2. The van der Waals surface area contributed by atoms with Gasteiger partial charge in [-0.15, -0.1) is 0 Å². The van der Waals surface area contributed by atoms with Crippen molar-refractivity contribution >= 4 is 58.1 Å². The summed E-state index contributed by atoms with van der Waals surface area (Å²) in [6.07, 6.45) is 3.18. The lowest BCUT2D eigenvalue weighted by molar-refractivity contribution is -0.120. The number of rotatable bonds is 7. The van der Waals surface area contributed by atoms with Gasteiger partial charge in [-0.1, -0.05) is 6.07 Å². The molecule has 0 saturated heterocycles. The summed E-state index contributed by atoms with van der Waals surface area (Å²) in [5.74, 6) is -2.16. The first-order valence-corrected chi connectivity index (χ1v) is 13.6. The van der Waals surface area contributed by atoms with Gasteiger partial charge >= 0.3 is 16.2 Å². The highest BCUT2D eigenvalue weighted by atomic mass is 32.2. The number of aromatic nitrogens is 3. The van der Waals surface area contributed by atoms with Gasteiger partial charge in [0.15, 0.2) is 0 Å². The maximum Gasteiger partial charge on any atom is 0.330 e. The van der Waals surface area contributed by atoms with Crippen LogP contribution in [0.3, 0.4) is 0 Å². The number of benzene rings is 2. The van der Waals surface area contributed by atoms with E-state index < -0.39 is 39.8 Å². The van der Waals surface area contributed by atoms with E-state index in [-0.39, 0.29) is 37.8 Å². The van der Waals surface area contributed by atoms with Gasteiger partial charge < -0.3 is 10.2 Å². The molecule has 41 heavy (non-hydrogen) atoms. The van der Waals surface area contributed by atoms with E-state index in [0.29, 0.717) is 23.7 Å². The van der Waals surface area contributed by atoms with Crippen LogP contribution in [-0.4, -0.2) is 54.8 Å². The van der Waals surface area contributed by atoms with E-state index >= 15 is 0 Å². The van der Waals surface area contributed by atoms with Crippen LogP contribution in [0.5, 0.6) is 0 Å². The molecule has 0 radical (unpaired) electrons. The molecule has 0 saturated carbocycles. The van der Waals surface area contributed by atoms with E-state index in [1.165, 1.54) is 18.1 Å². The number of urea groups is 1. The van der Waals surface area contributed by atoms with Crippen molar-refractivity contribution in [3.05, 3.63) is 83.7 Å². The molecule has 15 heteroatoms. The van der Waals surface area contributed by atoms with Gasteiger partial charge in [0.25, 0.3) is 0 Å². The molecule has 216 valence electrons. The number of halogens is 2. The van der Waals surface area contributed by atoms with Crippen LogP contribution in [0, 0.1) is 11.6 Å². The fourth-order valence-corrected chi connectivity index (χ4v) is 5.78. The van der Waals surface area contributed by atoms with Gasteiger partial charge in [0, 0.05) is 50.4 Å². The van der Waals surface area contributed by atoms with Gasteiger partial charge in [0.2, 0.25) is 5.91 Å². The van der Waals surface area contributed by atoms with Crippen LogP contribution in [0.1, 0.15) is 11.1 Å². The highest BCUT2D eigenvalue weighted by Crippen LogP contribution is 2.27. The number of nitrogens with zero attached hydrogens (tertiary/aromatic N) is 5. The Morgan fingerprint density at radius 2 is 1.85 bits per heavy atom. The molecule has 1 atom stereocenters. The first kappa shape index (κ1) is 29.7. The molecule has 0 spiro atoms. The maximum atomic E-state index is 13.9. The highest BCUT2D eigenvalue weighted by molar-refractivity contribution is 7.91. The van der Waals surface area contributed by atoms with Crippen LogP contribution in [0.4, 0.5) is 25.1 Å². The topological polar surface area (TPSA) is 130 Å². The summed E-state index contributed by atoms with van der Waals surface area (Å²) in [4.78, 5) is 31.9. The number of likely N-dealkylation sites (N-methyl/N-ethyl adjacent to an activating group) is 1. The van der Waals surface area contributed by atoms with Crippen molar-refractivity contribution in [2.45, 2.75) is 18.9 Å². The molecule has 1 aliphatic heterocycles. The third-order valence-corrected chi connectivity index (χ3v) is 7.99. The van der Waals surface area contributed by atoms with Gasteiger partial charge in [-0.2, -0.15) is 27.0 Å². The van der Waals surface area contributed by atoms with E-state index in [0.717, 1.165) is 27.3 Å². The van der Waals surface area contributed by atoms with Crippen molar-refractivity contribution < 1.29 is 26.8 Å². The van der Waals surface area contributed by atoms with Crippen molar-refractivity contribution in [1.82, 2.24) is 24.8 Å². The summed E-state index contributed by atoms with van der Waals surface area (Å²) in [6, 6.07) is 8.79. The van der Waals surface area contributed by atoms with Crippen LogP contribution >= 0.6 is 13.5 Å². The number of aryl methyl sites for hydroxylation is 1. The van der Waals surface area contributed by atoms with Gasteiger partial charge in [-0.25, -0.2) is 27.6 Å². The van der Waals surface area contributed by atoms with Crippen LogP contribution in [0.15, 0.2) is 60.9 Å². The number of pyridine rings is 1. The zero-order valence-corrected chi connectivity index (χ0v) is 23.8. The molecular formula is C26H27F2N7O4S2. The molecule has 3 amide bonds. The Hall–Kier alpha value is -4.24. The van der Waals surface area contributed by atoms with Gasteiger partial charge in [0.05, 0.1) is 11.7 Å². The van der Waals surface area contributed by atoms with E-state index in [1.807, 2.05) is 4.72 Å². The lowest BCUT2D eigenvalue weighted by Crippen LogP contribution is -2.54. The Labute approximate surface area is 241 Å². The van der Waals surface area contributed by atoms with E-state index in [2.05, 4.69) is 15.4 Å². The molecular weight excluding hydrogens is 576 g/mol. The number of amides is 3. The first-order valence-electron chi connectivity index (χ1n) is 12.2. The summed E-state index contributed by atoms with van der Waals surface area (Å²) < 4.78 is 58.3. The molecule has 3 heterocycles. The van der Waals surface area contributed by atoms with Crippen molar-refractivity contribution in [2.24, 2.45) is 7.05 Å². The lowest BCUT2D eigenvalue weighted by atomic mass is 10.0. The van der Waals surface area contributed by atoms with Gasteiger partial charge in [-0.05, 0) is 53.9 Å². The Kier molecular flexibility index (Phi) is 8.49. The fourth-order valence-electron chi connectivity index (χ4n) is 4.66. The molecule has 4 aromatic rings. The van der Waals surface area contributed by atoms with Crippen LogP contribution in [0.2, 0.25) is 0 Å². The average Bonchev–Trinajstić information content (AvgIpc) is 3.50. The zero-order chi connectivity index (χ0) is 28.6. The number of carbonyl (C=O) groups excluding carboxylic acids is 2. The summed E-state index contributed by atoms with van der Waals surface area (Å²) in [5.41, 5.74) is 2.10. The molecule has 0 aliphatic carbocycles. The smallest absolute Gasteiger partial charge is 0.325 e. The minimum Gasteiger partial charge on any atom is -0.325 e. The molecule has 5 rings (SSSR count). The van der Waals surface area contributed by atoms with Crippen LogP contribution < -0.4 is 19.2 Å². The SMILES string of the molecule is CN(C(=O)[C@H](Cc1cc(F)cc(F)c1)NC(=O)NS(=O)(=O)N1CCc2cccnc21)c1ccc2c(cnn2C)c1.S. The lowest BCUT2D eigenvalue weighted by Gasteiger charge is -2.26. The van der Waals surface area contributed by atoms with E-state index in [1.54, 1.807) is 48.3 Å². The second-order valence-electron chi connectivity index (χ2n) is 9.33. The average molecular weight is 604 g/mol. The normalized spacial score (nSPS) is 13.3. The predicted octanol–water partition coefficient (Wildman–Crippen LogP) is 2.54. The molecule has 1 aliphatic rings. The maximum absolute atomic E-state index is 13.9. The summed E-state index contributed by atoms with van der Waals surface area (Å²) in [5, 5.41) is 7.31. The third-order valence-electron chi connectivity index (χ3n) is 6.61. The number of hydrogen-bond acceptors (Lipinski definition) is 6. The van der Waals surface area contributed by atoms with Gasteiger partial charge in [-0.3, -0.25) is 9.48 Å². The molecule has 0 bridgehead atoms. The number of hydrogen-bond donors (Lipinski definition) is 2. The van der Waals surface area contributed by atoms with Crippen LogP contribution in [0.25, 0.3) is 10.9 Å². The molecule has 2 aromatic carbocycles. The second-order valence-corrected chi connectivity index (χ2v) is 10.9. The van der Waals surface area contributed by atoms with Crippen molar-refractivity contribution in [3.8, 4) is 0 Å². The zero-order valence-electron chi connectivity index (χ0n) is 22.0. The van der Waals surface area contributed by atoms with Crippen molar-refractivity contribution in [3.63, 3.8) is 0 Å². The minimum absolute atomic E-state index is 0. The molecule has 0 fully saturated rings. The Balaban J connectivity index is 0.00000387. The standard InChI is InChI=1S/C26H25F2N7O4S.H2S/c1-33(21-5-6-23-18(13-21)15-30-34(23)2)25(36)22(12-16-10-19(27)14-20(28)11-16)31-26(37)32-40(38,39)35-9-7-17-4-3-8-29-24(17)35;/h3-6,8,10-11,13-15,22H,7,9,12H2,1-2H3,(H2,31,32,37);1H2/t22-;/m0./s1. The molecule has 2 N–H and O–H groups in total. The summed E-state index contributed by atoms with van der Waals surface area (Å²) >= 11 is 0. The largest absolute Gasteiger partial charge is 0.330 e. The van der Waals surface area contributed by atoms with Gasteiger partial charge in [0.1, 0.15) is 23.5 Å². The Morgan fingerprint density at radius 1 is 1.12 bits per heavy atom. The monoisotopic (exact) mass is 603 g/mol. The number of anilines is 2. The third kappa shape index (κ3) is 6.25. The first-order chi connectivity index (χ1) is 19.0. The predicted molar refractivity (Wildman–Crippen MR) is 154 cm³/mol. The fraction of sp³-hybridized carbons (Fsp3) is 0.231. The molecule has 0 unspecified atom stereocenters. The Bertz CT molecular complexity index is 1710. The summed E-state index contributed by atoms with van der Waals surface area (Å²) in [6.45, 7) is 0.0828. The number of carbonyl (C=O) groups is 2. The van der Waals surface area contributed by atoms with Crippen molar-refractivity contribution in [1.29, 1.82) is 0 Å². The summed E-state index contributed by atoms with van der Waals surface area (Å²) in [7, 11) is -1.12. The molecule has 11 nitrogen and oxygen atoms in total. The van der Waals surface area contributed by atoms with Crippen molar-refractivity contribution in [2.75, 3.05) is 22.8 Å². The van der Waals surface area contributed by atoms with Crippen LogP contribution in [-0.2, 0) is 34.9 Å². The van der Waals surface area contributed by atoms with E-state index in [4.69, 9.17) is 0 Å². The second kappa shape index (κ2) is 11.7.